The van der Waals surface area contributed by atoms with Crippen LogP contribution in [0.5, 0.6) is 5.75 Å². The van der Waals surface area contributed by atoms with E-state index in [2.05, 4.69) is 0 Å². The number of benzene rings is 1. The minimum absolute atomic E-state index is 0.651. The van der Waals surface area contributed by atoms with Gasteiger partial charge < -0.3 is 9.15 Å². The van der Waals surface area contributed by atoms with Gasteiger partial charge in [0.2, 0.25) is 0 Å². The molecule has 0 aliphatic heterocycles. The van der Waals surface area contributed by atoms with E-state index in [0.29, 0.717) is 10.8 Å². The van der Waals surface area contributed by atoms with Crippen LogP contribution in [0.4, 0.5) is 0 Å². The van der Waals surface area contributed by atoms with E-state index < -0.39 is 0 Å². The largest absolute Gasteiger partial charge is 0.497 e. The third-order valence-corrected chi connectivity index (χ3v) is 2.04. The predicted octanol–water partition coefficient (Wildman–Crippen LogP) is 3.09. The highest BCUT2D eigenvalue weighted by Crippen LogP contribution is 2.29. The highest BCUT2D eigenvalue weighted by Gasteiger charge is 2.04. The third-order valence-electron chi connectivity index (χ3n) is 1.73. The molecule has 0 N–H and O–H groups in total. The molecule has 0 spiro atoms. The molecule has 0 atom stereocenters. The number of ether oxygens (including phenoxy) is 1. The molecule has 1 heterocycles. The van der Waals surface area contributed by atoms with E-state index >= 15 is 0 Å². The van der Waals surface area contributed by atoms with Crippen LogP contribution < -0.4 is 4.74 Å². The van der Waals surface area contributed by atoms with Gasteiger partial charge in [-0.05, 0) is 12.1 Å². The molecule has 0 saturated heterocycles. The summed E-state index contributed by atoms with van der Waals surface area (Å²) in [6.45, 7) is 0. The lowest BCUT2D eigenvalue weighted by Gasteiger charge is -1.99. The standard InChI is InChI=1S/C9H7ClO2/c1-11-6-4-8(10)7-2-3-12-9(7)5-6/h2-5H,1H3. The maximum Gasteiger partial charge on any atom is 0.139 e. The third kappa shape index (κ3) is 1.04. The van der Waals surface area contributed by atoms with Crippen molar-refractivity contribution in [2.24, 2.45) is 0 Å². The van der Waals surface area contributed by atoms with Crippen LogP contribution in [0.3, 0.4) is 0 Å². The molecular formula is C9H7ClO2. The van der Waals surface area contributed by atoms with Gasteiger partial charge in [0.25, 0.3) is 0 Å². The van der Waals surface area contributed by atoms with E-state index in [1.165, 1.54) is 0 Å². The minimum Gasteiger partial charge on any atom is -0.497 e. The number of hydrogen-bond acceptors (Lipinski definition) is 2. The zero-order valence-electron chi connectivity index (χ0n) is 6.50. The summed E-state index contributed by atoms with van der Waals surface area (Å²) in [5.41, 5.74) is 0.749. The Balaban J connectivity index is 2.75. The number of furan rings is 1. The maximum atomic E-state index is 5.94. The average Bonchev–Trinajstić information content (AvgIpc) is 2.52. The summed E-state index contributed by atoms with van der Waals surface area (Å²) in [6.07, 6.45) is 1.61. The van der Waals surface area contributed by atoms with Gasteiger partial charge in [-0.2, -0.15) is 0 Å². The molecule has 0 bridgehead atoms. The second-order valence-corrected chi connectivity index (χ2v) is 2.85. The second-order valence-electron chi connectivity index (χ2n) is 2.44. The predicted molar refractivity (Wildman–Crippen MR) is 47.8 cm³/mol. The Labute approximate surface area is 74.7 Å². The molecule has 0 fully saturated rings. The highest BCUT2D eigenvalue weighted by molar-refractivity contribution is 6.35. The van der Waals surface area contributed by atoms with E-state index in [1.54, 1.807) is 25.5 Å². The van der Waals surface area contributed by atoms with Crippen molar-refractivity contribution in [1.29, 1.82) is 0 Å². The van der Waals surface area contributed by atoms with E-state index in [-0.39, 0.29) is 0 Å². The molecule has 0 aliphatic rings. The zero-order valence-corrected chi connectivity index (χ0v) is 7.26. The van der Waals surface area contributed by atoms with Crippen molar-refractivity contribution < 1.29 is 9.15 Å². The normalized spacial score (nSPS) is 10.5. The van der Waals surface area contributed by atoms with Crippen LogP contribution >= 0.6 is 11.6 Å². The Kier molecular flexibility index (Phi) is 1.70. The summed E-state index contributed by atoms with van der Waals surface area (Å²) in [7, 11) is 1.60. The van der Waals surface area contributed by atoms with Crippen LogP contribution in [0, 0.1) is 0 Å². The summed E-state index contributed by atoms with van der Waals surface area (Å²) in [5.74, 6) is 0.711. The van der Waals surface area contributed by atoms with Gasteiger partial charge in [-0.1, -0.05) is 11.6 Å². The number of halogens is 1. The van der Waals surface area contributed by atoms with Crippen LogP contribution in [-0.2, 0) is 0 Å². The van der Waals surface area contributed by atoms with Crippen molar-refractivity contribution in [2.75, 3.05) is 7.11 Å². The summed E-state index contributed by atoms with van der Waals surface area (Å²) in [6, 6.07) is 5.40. The Hall–Kier alpha value is -1.15. The maximum absolute atomic E-state index is 5.94. The molecule has 2 nitrogen and oxygen atoms in total. The van der Waals surface area contributed by atoms with E-state index in [0.717, 1.165) is 11.0 Å². The smallest absolute Gasteiger partial charge is 0.139 e. The Bertz CT molecular complexity index is 406. The zero-order chi connectivity index (χ0) is 8.55. The summed E-state index contributed by atoms with van der Waals surface area (Å²) < 4.78 is 10.2. The van der Waals surface area contributed by atoms with Crippen LogP contribution in [-0.4, -0.2) is 7.11 Å². The molecule has 0 amide bonds. The van der Waals surface area contributed by atoms with Crippen LogP contribution in [0.1, 0.15) is 0 Å². The molecule has 2 rings (SSSR count). The Morgan fingerprint density at radius 2 is 2.25 bits per heavy atom. The minimum atomic E-state index is 0.651. The molecule has 1 aromatic heterocycles. The first-order valence-corrected chi connectivity index (χ1v) is 3.90. The van der Waals surface area contributed by atoms with Crippen LogP contribution in [0.2, 0.25) is 5.02 Å². The van der Waals surface area contributed by atoms with Crippen LogP contribution in [0.25, 0.3) is 11.0 Å². The lowest BCUT2D eigenvalue weighted by atomic mass is 10.2. The fraction of sp³-hybridized carbons (Fsp3) is 0.111. The lowest BCUT2D eigenvalue weighted by molar-refractivity contribution is 0.414. The van der Waals surface area contributed by atoms with Crippen molar-refractivity contribution >= 4 is 22.6 Å². The van der Waals surface area contributed by atoms with E-state index in [9.17, 15) is 0 Å². The molecule has 0 radical (unpaired) electrons. The van der Waals surface area contributed by atoms with Crippen molar-refractivity contribution in [3.8, 4) is 5.75 Å². The summed E-state index contributed by atoms with van der Waals surface area (Å²) in [4.78, 5) is 0. The molecule has 12 heavy (non-hydrogen) atoms. The first-order chi connectivity index (χ1) is 5.81. The van der Waals surface area contributed by atoms with E-state index in [4.69, 9.17) is 20.8 Å². The van der Waals surface area contributed by atoms with E-state index in [1.807, 2.05) is 6.07 Å². The highest BCUT2D eigenvalue weighted by atomic mass is 35.5. The SMILES string of the molecule is COc1cc(Cl)c2ccoc2c1. The number of fused-ring (bicyclic) bond motifs is 1. The second kappa shape index (κ2) is 2.72. The number of rotatable bonds is 1. The van der Waals surface area contributed by atoms with Crippen molar-refractivity contribution in [1.82, 2.24) is 0 Å². The molecular weight excluding hydrogens is 176 g/mol. The molecule has 0 unspecified atom stereocenters. The van der Waals surface area contributed by atoms with Gasteiger partial charge >= 0.3 is 0 Å². The van der Waals surface area contributed by atoms with Gasteiger partial charge in [0, 0.05) is 11.5 Å². The monoisotopic (exact) mass is 182 g/mol. The molecule has 1 aromatic carbocycles. The van der Waals surface area contributed by atoms with Gasteiger partial charge in [-0.3, -0.25) is 0 Å². The van der Waals surface area contributed by atoms with Gasteiger partial charge in [0.05, 0.1) is 18.4 Å². The van der Waals surface area contributed by atoms with Crippen LogP contribution in [0.15, 0.2) is 28.9 Å². The van der Waals surface area contributed by atoms with Gasteiger partial charge in [-0.25, -0.2) is 0 Å². The topological polar surface area (TPSA) is 22.4 Å². The molecule has 0 aliphatic carbocycles. The lowest BCUT2D eigenvalue weighted by Crippen LogP contribution is -1.81. The first-order valence-electron chi connectivity index (χ1n) is 3.52. The van der Waals surface area contributed by atoms with Crippen molar-refractivity contribution in [3.05, 3.63) is 29.5 Å². The molecule has 2 aromatic rings. The fourth-order valence-electron chi connectivity index (χ4n) is 1.12. The molecule has 62 valence electrons. The summed E-state index contributed by atoms with van der Waals surface area (Å²) >= 11 is 5.94. The average molecular weight is 183 g/mol. The molecule has 0 saturated carbocycles. The quantitative estimate of drug-likeness (QED) is 0.676. The van der Waals surface area contributed by atoms with Gasteiger partial charge in [0.15, 0.2) is 0 Å². The number of hydrogen-bond donors (Lipinski definition) is 0. The molecule has 3 heteroatoms. The Morgan fingerprint density at radius 1 is 1.42 bits per heavy atom. The first kappa shape index (κ1) is 7.50. The van der Waals surface area contributed by atoms with Gasteiger partial charge in [0.1, 0.15) is 11.3 Å². The van der Waals surface area contributed by atoms with Crippen molar-refractivity contribution in [3.63, 3.8) is 0 Å². The van der Waals surface area contributed by atoms with Gasteiger partial charge in [-0.15, -0.1) is 0 Å². The fourth-order valence-corrected chi connectivity index (χ4v) is 1.39. The number of methoxy groups -OCH3 is 1. The summed E-state index contributed by atoms with van der Waals surface area (Å²) in [5, 5.41) is 1.57. The Morgan fingerprint density at radius 3 is 3.00 bits per heavy atom. The van der Waals surface area contributed by atoms with Crippen molar-refractivity contribution in [2.45, 2.75) is 0 Å².